The van der Waals surface area contributed by atoms with Gasteiger partial charge in [-0.05, 0) is 31.6 Å². The van der Waals surface area contributed by atoms with Gasteiger partial charge >= 0.3 is 0 Å². The molecule has 0 aliphatic heterocycles. The molecule has 1 aromatic heterocycles. The summed E-state index contributed by atoms with van der Waals surface area (Å²) in [7, 11) is 0. The maximum absolute atomic E-state index is 10.1. The first kappa shape index (κ1) is 16.0. The maximum Gasteiger partial charge on any atom is 0.136 e. The summed E-state index contributed by atoms with van der Waals surface area (Å²) in [6.07, 6.45) is 2.76. The van der Waals surface area contributed by atoms with Gasteiger partial charge in [0.15, 0.2) is 0 Å². The Morgan fingerprint density at radius 2 is 1.86 bits per heavy atom. The number of aromatic nitrogens is 2. The Labute approximate surface area is 127 Å². The second-order valence-electron chi connectivity index (χ2n) is 7.10. The van der Waals surface area contributed by atoms with Crippen LogP contribution in [-0.2, 0) is 0 Å². The van der Waals surface area contributed by atoms with Gasteiger partial charge in [0.1, 0.15) is 17.5 Å². The molecule has 118 valence electrons. The van der Waals surface area contributed by atoms with E-state index in [-0.39, 0.29) is 11.5 Å². The van der Waals surface area contributed by atoms with Crippen LogP contribution in [0, 0.1) is 5.41 Å². The van der Waals surface area contributed by atoms with Crippen molar-refractivity contribution in [3.05, 3.63) is 11.9 Å². The first-order valence-electron chi connectivity index (χ1n) is 7.92. The van der Waals surface area contributed by atoms with Gasteiger partial charge in [-0.2, -0.15) is 0 Å². The van der Waals surface area contributed by atoms with E-state index in [2.05, 4.69) is 48.3 Å². The normalized spacial score (nSPS) is 16.6. The van der Waals surface area contributed by atoms with Crippen LogP contribution in [0.5, 0.6) is 0 Å². The zero-order valence-corrected chi connectivity index (χ0v) is 13.6. The number of rotatable bonds is 7. The van der Waals surface area contributed by atoms with Crippen molar-refractivity contribution in [2.75, 3.05) is 23.7 Å². The van der Waals surface area contributed by atoms with Crippen LogP contribution >= 0.6 is 0 Å². The Kier molecular flexibility index (Phi) is 5.04. The van der Waals surface area contributed by atoms with E-state index in [9.17, 15) is 5.11 Å². The molecule has 1 unspecified atom stereocenters. The second kappa shape index (κ2) is 6.60. The Hall–Kier alpha value is -1.36. The predicted molar refractivity (Wildman–Crippen MR) is 86.7 cm³/mol. The minimum Gasteiger partial charge on any atom is -0.391 e. The average Bonchev–Trinajstić information content (AvgIpc) is 3.19. The molecule has 0 radical (unpaired) electrons. The Morgan fingerprint density at radius 1 is 1.24 bits per heavy atom. The maximum atomic E-state index is 10.1. The monoisotopic (exact) mass is 292 g/mol. The molecule has 21 heavy (non-hydrogen) atoms. The standard InChI is InChI=1S/C16H28N4O/c1-5-17-13-8-14(20-15(19-13)11-6-7-11)18-10-12(21)9-16(2,3)4/h8,11-12,21H,5-7,9-10H2,1-4H3,(H2,17,18,19,20). The minimum absolute atomic E-state index is 0.126. The van der Waals surface area contributed by atoms with Gasteiger partial charge in [0.25, 0.3) is 0 Å². The molecule has 0 amide bonds. The van der Waals surface area contributed by atoms with Crippen LogP contribution in [0.15, 0.2) is 6.07 Å². The van der Waals surface area contributed by atoms with Crippen LogP contribution in [0.1, 0.15) is 58.7 Å². The van der Waals surface area contributed by atoms with Gasteiger partial charge in [0.05, 0.1) is 6.10 Å². The summed E-state index contributed by atoms with van der Waals surface area (Å²) < 4.78 is 0. The second-order valence-corrected chi connectivity index (χ2v) is 7.10. The molecule has 1 aliphatic carbocycles. The van der Waals surface area contributed by atoms with E-state index >= 15 is 0 Å². The first-order chi connectivity index (χ1) is 9.87. The quantitative estimate of drug-likeness (QED) is 0.720. The fourth-order valence-corrected chi connectivity index (χ4v) is 2.35. The summed E-state index contributed by atoms with van der Waals surface area (Å²) in [5.41, 5.74) is 0.126. The highest BCUT2D eigenvalue weighted by molar-refractivity contribution is 5.48. The van der Waals surface area contributed by atoms with Crippen LogP contribution in [0.4, 0.5) is 11.6 Å². The van der Waals surface area contributed by atoms with Crippen molar-refractivity contribution in [1.82, 2.24) is 9.97 Å². The topological polar surface area (TPSA) is 70.1 Å². The molecule has 0 spiro atoms. The molecule has 5 heteroatoms. The highest BCUT2D eigenvalue weighted by atomic mass is 16.3. The molecule has 1 saturated carbocycles. The molecule has 0 aromatic carbocycles. The fraction of sp³-hybridized carbons (Fsp3) is 0.750. The van der Waals surface area contributed by atoms with E-state index in [1.165, 1.54) is 12.8 Å². The average molecular weight is 292 g/mol. The van der Waals surface area contributed by atoms with Crippen molar-refractivity contribution in [1.29, 1.82) is 0 Å². The molecular formula is C16H28N4O. The third kappa shape index (κ3) is 5.50. The molecule has 1 fully saturated rings. The Balaban J connectivity index is 1.98. The summed E-state index contributed by atoms with van der Waals surface area (Å²) >= 11 is 0. The van der Waals surface area contributed by atoms with E-state index in [4.69, 9.17) is 0 Å². The van der Waals surface area contributed by atoms with Crippen LogP contribution < -0.4 is 10.6 Å². The van der Waals surface area contributed by atoms with Gasteiger partial charge < -0.3 is 15.7 Å². The van der Waals surface area contributed by atoms with Crippen LogP contribution in [-0.4, -0.2) is 34.3 Å². The van der Waals surface area contributed by atoms with E-state index in [0.717, 1.165) is 30.4 Å². The SMILES string of the molecule is CCNc1cc(NCC(O)CC(C)(C)C)nc(C2CC2)n1. The van der Waals surface area contributed by atoms with Crippen LogP contribution in [0.3, 0.4) is 0 Å². The summed E-state index contributed by atoms with van der Waals surface area (Å²) in [6.45, 7) is 9.82. The molecule has 0 saturated heterocycles. The number of aliphatic hydroxyl groups excluding tert-OH is 1. The van der Waals surface area contributed by atoms with Gasteiger partial charge in [-0.25, -0.2) is 9.97 Å². The van der Waals surface area contributed by atoms with E-state index in [0.29, 0.717) is 12.5 Å². The molecule has 1 atom stereocenters. The number of hydrogen-bond acceptors (Lipinski definition) is 5. The van der Waals surface area contributed by atoms with Crippen molar-refractivity contribution in [3.8, 4) is 0 Å². The van der Waals surface area contributed by atoms with Gasteiger partial charge in [-0.1, -0.05) is 20.8 Å². The van der Waals surface area contributed by atoms with Gasteiger partial charge in [-0.3, -0.25) is 0 Å². The smallest absolute Gasteiger partial charge is 0.136 e. The van der Waals surface area contributed by atoms with Crippen molar-refractivity contribution in [2.24, 2.45) is 5.41 Å². The number of aliphatic hydroxyl groups is 1. The van der Waals surface area contributed by atoms with Gasteiger partial charge in [-0.15, -0.1) is 0 Å². The molecule has 0 bridgehead atoms. The molecule has 1 aliphatic rings. The van der Waals surface area contributed by atoms with Gasteiger partial charge in [0, 0.05) is 25.1 Å². The van der Waals surface area contributed by atoms with Crippen LogP contribution in [0.2, 0.25) is 0 Å². The third-order valence-electron chi connectivity index (χ3n) is 3.41. The number of nitrogens with one attached hydrogen (secondary N) is 2. The molecule has 2 rings (SSSR count). The molecule has 3 N–H and O–H groups in total. The highest BCUT2D eigenvalue weighted by Gasteiger charge is 2.27. The van der Waals surface area contributed by atoms with Crippen molar-refractivity contribution in [2.45, 2.75) is 59.0 Å². The zero-order valence-electron chi connectivity index (χ0n) is 13.6. The predicted octanol–water partition coefficient (Wildman–Crippen LogP) is 2.99. The lowest BCUT2D eigenvalue weighted by Gasteiger charge is -2.22. The Morgan fingerprint density at radius 3 is 2.38 bits per heavy atom. The van der Waals surface area contributed by atoms with Crippen molar-refractivity contribution < 1.29 is 5.11 Å². The molecule has 5 nitrogen and oxygen atoms in total. The number of hydrogen-bond donors (Lipinski definition) is 3. The minimum atomic E-state index is -0.369. The lowest BCUT2D eigenvalue weighted by molar-refractivity contribution is 0.132. The Bertz CT molecular complexity index is 466. The van der Waals surface area contributed by atoms with E-state index in [1.54, 1.807) is 0 Å². The van der Waals surface area contributed by atoms with Gasteiger partial charge in [0.2, 0.25) is 0 Å². The molecule has 1 aromatic rings. The zero-order chi connectivity index (χ0) is 15.5. The molecule has 1 heterocycles. The summed E-state index contributed by atoms with van der Waals surface area (Å²) in [5.74, 6) is 3.10. The van der Waals surface area contributed by atoms with Crippen molar-refractivity contribution in [3.63, 3.8) is 0 Å². The summed E-state index contributed by atoms with van der Waals surface area (Å²) in [4.78, 5) is 9.12. The fourth-order valence-electron chi connectivity index (χ4n) is 2.35. The third-order valence-corrected chi connectivity index (χ3v) is 3.41. The summed E-state index contributed by atoms with van der Waals surface area (Å²) in [5, 5.41) is 16.6. The highest BCUT2D eigenvalue weighted by Crippen LogP contribution is 2.38. The van der Waals surface area contributed by atoms with E-state index < -0.39 is 0 Å². The largest absolute Gasteiger partial charge is 0.391 e. The lowest BCUT2D eigenvalue weighted by Crippen LogP contribution is -2.25. The number of anilines is 2. The summed E-state index contributed by atoms with van der Waals surface area (Å²) in [6, 6.07) is 1.92. The van der Waals surface area contributed by atoms with Crippen LogP contribution in [0.25, 0.3) is 0 Å². The lowest BCUT2D eigenvalue weighted by atomic mass is 9.89. The van der Waals surface area contributed by atoms with E-state index in [1.807, 2.05) is 6.07 Å². The molecular weight excluding hydrogens is 264 g/mol. The van der Waals surface area contributed by atoms with Crippen molar-refractivity contribution >= 4 is 11.6 Å². The first-order valence-corrected chi connectivity index (χ1v) is 7.92. The number of nitrogens with zero attached hydrogens (tertiary/aromatic N) is 2.